The van der Waals surface area contributed by atoms with Gasteiger partial charge < -0.3 is 14.8 Å². The number of nitrogens with one attached hydrogen (secondary N) is 1. The number of carbonyl (C=O) groups is 1. The second kappa shape index (κ2) is 7.93. The molecule has 2 amide bonds. The lowest BCUT2D eigenvalue weighted by Gasteiger charge is -2.35. The second-order valence-corrected chi connectivity index (χ2v) is 7.05. The van der Waals surface area contributed by atoms with Crippen molar-refractivity contribution in [1.29, 1.82) is 0 Å². The van der Waals surface area contributed by atoms with Crippen LogP contribution in [-0.2, 0) is 6.54 Å². The van der Waals surface area contributed by atoms with E-state index in [1.54, 1.807) is 6.20 Å². The van der Waals surface area contributed by atoms with Gasteiger partial charge in [0, 0.05) is 31.5 Å². The van der Waals surface area contributed by atoms with Gasteiger partial charge in [-0.15, -0.1) is 0 Å². The first-order chi connectivity index (χ1) is 12.6. The van der Waals surface area contributed by atoms with Crippen LogP contribution in [0.5, 0.6) is 0 Å². The minimum atomic E-state index is -0.0628. The fraction of sp³-hybridized carbons (Fsp3) is 0.632. The molecule has 7 nitrogen and oxygen atoms in total. The van der Waals surface area contributed by atoms with Gasteiger partial charge in [0.1, 0.15) is 5.82 Å². The van der Waals surface area contributed by atoms with Gasteiger partial charge in [-0.1, -0.05) is 6.92 Å². The number of aryl methyl sites for hydroxylation is 1. The molecule has 0 saturated carbocycles. The maximum absolute atomic E-state index is 13.0. The molecule has 3 heterocycles. The summed E-state index contributed by atoms with van der Waals surface area (Å²) in [6, 6.07) is 0.288. The summed E-state index contributed by atoms with van der Waals surface area (Å²) >= 11 is 0. The quantitative estimate of drug-likeness (QED) is 0.873. The molecule has 2 unspecified atom stereocenters. The highest BCUT2D eigenvalue weighted by Crippen LogP contribution is 2.31. The number of rotatable bonds is 5. The van der Waals surface area contributed by atoms with E-state index in [4.69, 9.17) is 0 Å². The zero-order chi connectivity index (χ0) is 18.7. The predicted octanol–water partition coefficient (Wildman–Crippen LogP) is 4.14. The summed E-state index contributed by atoms with van der Waals surface area (Å²) in [5.41, 5.74) is 1.79. The zero-order valence-electron chi connectivity index (χ0n) is 16.3. The predicted molar refractivity (Wildman–Crippen MR) is 102 cm³/mol. The minimum absolute atomic E-state index is 0.0311. The summed E-state index contributed by atoms with van der Waals surface area (Å²) in [7, 11) is 0. The summed E-state index contributed by atoms with van der Waals surface area (Å²) < 4.78 is 4.11. The van der Waals surface area contributed by atoms with Crippen molar-refractivity contribution in [2.24, 2.45) is 0 Å². The molecule has 0 aromatic carbocycles. The highest BCUT2D eigenvalue weighted by molar-refractivity contribution is 5.90. The van der Waals surface area contributed by atoms with Crippen LogP contribution in [0.1, 0.15) is 70.1 Å². The Hall–Kier alpha value is -2.31. The molecule has 1 saturated heterocycles. The van der Waals surface area contributed by atoms with Gasteiger partial charge in [-0.2, -0.15) is 5.10 Å². The lowest BCUT2D eigenvalue weighted by molar-refractivity contribution is 0.157. The normalized spacial score (nSPS) is 18.8. The van der Waals surface area contributed by atoms with Crippen LogP contribution in [0.3, 0.4) is 0 Å². The SMILES string of the molecule is CCC(C)n1ncc(NC(=O)N2CCCCC2c2nccn2CC)c1C. The number of anilines is 1. The molecule has 26 heavy (non-hydrogen) atoms. The Kier molecular flexibility index (Phi) is 5.64. The number of amides is 2. The molecule has 1 aliphatic heterocycles. The van der Waals surface area contributed by atoms with Crippen molar-refractivity contribution in [3.8, 4) is 0 Å². The summed E-state index contributed by atoms with van der Waals surface area (Å²) in [5.74, 6) is 0.981. The summed E-state index contributed by atoms with van der Waals surface area (Å²) in [5, 5.41) is 7.52. The number of urea groups is 1. The van der Waals surface area contributed by atoms with Crippen LogP contribution in [0.2, 0.25) is 0 Å². The molecule has 7 heteroatoms. The maximum Gasteiger partial charge on any atom is 0.322 e. The van der Waals surface area contributed by atoms with Gasteiger partial charge in [0.25, 0.3) is 0 Å². The number of imidazole rings is 1. The van der Waals surface area contributed by atoms with Crippen LogP contribution in [0, 0.1) is 6.92 Å². The number of hydrogen-bond donors (Lipinski definition) is 1. The van der Waals surface area contributed by atoms with Gasteiger partial charge in [0.05, 0.1) is 23.6 Å². The van der Waals surface area contributed by atoms with E-state index in [1.807, 2.05) is 28.9 Å². The average molecular weight is 358 g/mol. The molecule has 2 aromatic rings. The summed E-state index contributed by atoms with van der Waals surface area (Å²) in [6.45, 7) is 10.0. The lowest BCUT2D eigenvalue weighted by Crippen LogP contribution is -2.42. The Labute approximate surface area is 155 Å². The van der Waals surface area contributed by atoms with Gasteiger partial charge in [-0.25, -0.2) is 9.78 Å². The van der Waals surface area contributed by atoms with Crippen LogP contribution in [0.25, 0.3) is 0 Å². The van der Waals surface area contributed by atoms with E-state index in [1.165, 1.54) is 0 Å². The third kappa shape index (κ3) is 3.48. The third-order valence-corrected chi connectivity index (χ3v) is 5.44. The molecule has 1 aliphatic rings. The lowest BCUT2D eigenvalue weighted by atomic mass is 10.0. The highest BCUT2D eigenvalue weighted by atomic mass is 16.2. The number of aromatic nitrogens is 4. The van der Waals surface area contributed by atoms with E-state index in [-0.39, 0.29) is 12.1 Å². The number of likely N-dealkylation sites (tertiary alicyclic amines) is 1. The average Bonchev–Trinajstić information content (AvgIpc) is 3.28. The number of piperidine rings is 1. The first-order valence-electron chi connectivity index (χ1n) is 9.69. The molecule has 1 fully saturated rings. The van der Waals surface area contributed by atoms with Gasteiger partial charge in [-0.05, 0) is 46.5 Å². The largest absolute Gasteiger partial charge is 0.333 e. The van der Waals surface area contributed by atoms with E-state index < -0.39 is 0 Å². The van der Waals surface area contributed by atoms with Crippen LogP contribution < -0.4 is 5.32 Å². The van der Waals surface area contributed by atoms with Gasteiger partial charge in [0.15, 0.2) is 0 Å². The van der Waals surface area contributed by atoms with Crippen molar-refractivity contribution >= 4 is 11.7 Å². The van der Waals surface area contributed by atoms with Gasteiger partial charge in [-0.3, -0.25) is 4.68 Å². The molecular formula is C19H30N6O. The van der Waals surface area contributed by atoms with Crippen molar-refractivity contribution in [2.45, 2.75) is 72.0 Å². The van der Waals surface area contributed by atoms with Gasteiger partial charge in [0.2, 0.25) is 0 Å². The molecule has 2 aromatic heterocycles. The molecule has 1 N–H and O–H groups in total. The smallest absolute Gasteiger partial charge is 0.322 e. The van der Waals surface area contributed by atoms with Crippen molar-refractivity contribution in [3.05, 3.63) is 30.1 Å². The van der Waals surface area contributed by atoms with Crippen LogP contribution in [0.4, 0.5) is 10.5 Å². The number of nitrogens with zero attached hydrogens (tertiary/aromatic N) is 5. The second-order valence-electron chi connectivity index (χ2n) is 7.05. The highest BCUT2D eigenvalue weighted by Gasteiger charge is 2.31. The standard InChI is InChI=1S/C19H30N6O/c1-5-14(3)25-15(4)16(13-21-25)22-19(26)24-11-8-7-9-17(24)18-20-10-12-23(18)6-2/h10,12-14,17H,5-9,11H2,1-4H3,(H,22,26). The Balaban J connectivity index is 1.78. The van der Waals surface area contributed by atoms with E-state index in [0.717, 1.165) is 56.0 Å². The Morgan fingerprint density at radius 2 is 2.19 bits per heavy atom. The van der Waals surface area contributed by atoms with Crippen molar-refractivity contribution in [1.82, 2.24) is 24.2 Å². The number of hydrogen-bond acceptors (Lipinski definition) is 3. The summed E-state index contributed by atoms with van der Waals surface area (Å²) in [4.78, 5) is 19.5. The van der Waals surface area contributed by atoms with E-state index in [9.17, 15) is 4.79 Å². The molecule has 2 atom stereocenters. The van der Waals surface area contributed by atoms with Crippen LogP contribution >= 0.6 is 0 Å². The molecule has 0 spiro atoms. The molecule has 0 radical (unpaired) electrons. The Morgan fingerprint density at radius 3 is 2.92 bits per heavy atom. The molecule has 0 aliphatic carbocycles. The van der Waals surface area contributed by atoms with Crippen LogP contribution in [0.15, 0.2) is 18.6 Å². The maximum atomic E-state index is 13.0. The van der Waals surface area contributed by atoms with E-state index >= 15 is 0 Å². The molecule has 3 rings (SSSR count). The first kappa shape index (κ1) is 18.5. The van der Waals surface area contributed by atoms with E-state index in [0.29, 0.717) is 6.04 Å². The zero-order valence-corrected chi connectivity index (χ0v) is 16.3. The molecule has 0 bridgehead atoms. The first-order valence-corrected chi connectivity index (χ1v) is 9.69. The fourth-order valence-electron chi connectivity index (χ4n) is 3.68. The summed E-state index contributed by atoms with van der Waals surface area (Å²) in [6.07, 6.45) is 9.67. The fourth-order valence-corrected chi connectivity index (χ4v) is 3.68. The third-order valence-electron chi connectivity index (χ3n) is 5.44. The minimum Gasteiger partial charge on any atom is -0.333 e. The molecule has 142 valence electrons. The van der Waals surface area contributed by atoms with Crippen molar-refractivity contribution in [2.75, 3.05) is 11.9 Å². The van der Waals surface area contributed by atoms with Crippen molar-refractivity contribution < 1.29 is 4.79 Å². The molecular weight excluding hydrogens is 328 g/mol. The number of carbonyl (C=O) groups excluding carboxylic acids is 1. The van der Waals surface area contributed by atoms with Gasteiger partial charge >= 0.3 is 6.03 Å². The topological polar surface area (TPSA) is 68.0 Å². The Morgan fingerprint density at radius 1 is 1.38 bits per heavy atom. The van der Waals surface area contributed by atoms with E-state index in [2.05, 4.69) is 40.7 Å². The monoisotopic (exact) mass is 358 g/mol. The Bertz CT molecular complexity index is 749. The van der Waals surface area contributed by atoms with Crippen molar-refractivity contribution in [3.63, 3.8) is 0 Å². The van der Waals surface area contributed by atoms with Crippen LogP contribution in [-0.4, -0.2) is 36.8 Å².